The fourth-order valence-electron chi connectivity index (χ4n) is 0.982. The molecule has 0 bridgehead atoms. The van der Waals surface area contributed by atoms with Crippen molar-refractivity contribution in [2.45, 2.75) is 52.9 Å². The van der Waals surface area contributed by atoms with Crippen molar-refractivity contribution in [2.24, 2.45) is 0 Å². The van der Waals surface area contributed by atoms with Gasteiger partial charge in [0.2, 0.25) is 0 Å². The molecule has 0 aromatic heterocycles. The third-order valence-electron chi connectivity index (χ3n) is 1.69. The molecule has 0 saturated carbocycles. The van der Waals surface area contributed by atoms with Gasteiger partial charge in [-0.3, -0.25) is 0 Å². The number of unbranched alkanes of at least 4 members (excludes halogenated alkanes) is 4. The van der Waals surface area contributed by atoms with Crippen LogP contribution in [0.25, 0.3) is 0 Å². The second-order valence-electron chi connectivity index (χ2n) is 3.44. The van der Waals surface area contributed by atoms with Crippen LogP contribution in [-0.2, 0) is 0 Å². The normalized spacial score (nSPS) is 10.6. The van der Waals surface area contributed by atoms with Crippen LogP contribution >= 0.6 is 0 Å². The molecule has 1 radical (unpaired) electrons. The van der Waals surface area contributed by atoms with E-state index in [2.05, 4.69) is 32.9 Å². The molecule has 0 rings (SSSR count). The van der Waals surface area contributed by atoms with E-state index in [1.54, 1.807) is 0 Å². The van der Waals surface area contributed by atoms with Crippen molar-refractivity contribution in [3.63, 3.8) is 0 Å². The van der Waals surface area contributed by atoms with E-state index in [-0.39, 0.29) is 0 Å². The molecule has 69 valence electrons. The van der Waals surface area contributed by atoms with Gasteiger partial charge in [-0.25, -0.2) is 0 Å². The van der Waals surface area contributed by atoms with Crippen LogP contribution in [-0.4, -0.2) is 0 Å². The lowest BCUT2D eigenvalue weighted by atomic mass is 10.1. The molecule has 0 aliphatic rings. The van der Waals surface area contributed by atoms with Crippen molar-refractivity contribution in [3.05, 3.63) is 23.8 Å². The van der Waals surface area contributed by atoms with Gasteiger partial charge in [0.15, 0.2) is 0 Å². The SMILES string of the molecule is CCCCCC/C=[C]/C=C(C)C. The Morgan fingerprint density at radius 2 is 1.92 bits per heavy atom. The second-order valence-corrected chi connectivity index (χ2v) is 3.44. The van der Waals surface area contributed by atoms with Crippen LogP contribution in [0.1, 0.15) is 52.9 Å². The third kappa shape index (κ3) is 9.48. The molecule has 0 nitrogen and oxygen atoms in total. The Labute approximate surface area is 77.4 Å². The number of hydrogen-bond donors (Lipinski definition) is 0. The molecule has 0 atom stereocenters. The first-order valence-corrected chi connectivity index (χ1v) is 4.98. The van der Waals surface area contributed by atoms with E-state index in [9.17, 15) is 0 Å². The summed E-state index contributed by atoms with van der Waals surface area (Å²) in [5.41, 5.74) is 1.32. The van der Waals surface area contributed by atoms with Crippen LogP contribution in [0.4, 0.5) is 0 Å². The predicted molar refractivity (Wildman–Crippen MR) is 56.0 cm³/mol. The van der Waals surface area contributed by atoms with Crippen molar-refractivity contribution < 1.29 is 0 Å². The van der Waals surface area contributed by atoms with Gasteiger partial charge in [-0.15, -0.1) is 0 Å². The van der Waals surface area contributed by atoms with Gasteiger partial charge in [-0.05, 0) is 32.8 Å². The van der Waals surface area contributed by atoms with E-state index in [4.69, 9.17) is 0 Å². The zero-order chi connectivity index (χ0) is 9.23. The zero-order valence-corrected chi connectivity index (χ0v) is 8.69. The van der Waals surface area contributed by atoms with Crippen molar-refractivity contribution in [1.29, 1.82) is 0 Å². The fourth-order valence-corrected chi connectivity index (χ4v) is 0.982. The topological polar surface area (TPSA) is 0 Å². The molecule has 0 heterocycles. The van der Waals surface area contributed by atoms with E-state index in [0.717, 1.165) is 0 Å². The van der Waals surface area contributed by atoms with Crippen LogP contribution < -0.4 is 0 Å². The summed E-state index contributed by atoms with van der Waals surface area (Å²) in [5.74, 6) is 0. The van der Waals surface area contributed by atoms with Gasteiger partial charge in [-0.1, -0.05) is 43.9 Å². The largest absolute Gasteiger partial charge is 0.0767 e. The van der Waals surface area contributed by atoms with Crippen LogP contribution in [0.5, 0.6) is 0 Å². The van der Waals surface area contributed by atoms with Gasteiger partial charge in [0.1, 0.15) is 0 Å². The lowest BCUT2D eigenvalue weighted by Gasteiger charge is -1.92. The van der Waals surface area contributed by atoms with Crippen LogP contribution in [0, 0.1) is 6.08 Å². The summed E-state index contributed by atoms with van der Waals surface area (Å²) < 4.78 is 0. The van der Waals surface area contributed by atoms with E-state index in [0.29, 0.717) is 0 Å². The minimum atomic E-state index is 1.18. The molecule has 0 aromatic rings. The fraction of sp³-hybridized carbons (Fsp3) is 0.667. The Bertz CT molecular complexity index is 136. The van der Waals surface area contributed by atoms with Crippen molar-refractivity contribution in [3.8, 4) is 0 Å². The lowest BCUT2D eigenvalue weighted by Crippen LogP contribution is -1.73. The Morgan fingerprint density at radius 3 is 2.50 bits per heavy atom. The molecule has 0 heteroatoms. The summed E-state index contributed by atoms with van der Waals surface area (Å²) in [6.07, 6.45) is 13.9. The van der Waals surface area contributed by atoms with Gasteiger partial charge >= 0.3 is 0 Å². The maximum absolute atomic E-state index is 3.17. The Balaban J connectivity index is 3.19. The zero-order valence-electron chi connectivity index (χ0n) is 8.69. The van der Waals surface area contributed by atoms with E-state index in [1.807, 2.05) is 6.08 Å². The maximum atomic E-state index is 3.17. The van der Waals surface area contributed by atoms with E-state index < -0.39 is 0 Å². The highest BCUT2D eigenvalue weighted by Crippen LogP contribution is 2.02. The molecular weight excluding hydrogens is 144 g/mol. The minimum Gasteiger partial charge on any atom is -0.0767 e. The number of hydrogen-bond acceptors (Lipinski definition) is 0. The highest BCUT2D eigenvalue weighted by Gasteiger charge is 1.83. The second kappa shape index (κ2) is 8.58. The van der Waals surface area contributed by atoms with Crippen molar-refractivity contribution in [1.82, 2.24) is 0 Å². The molecule has 0 amide bonds. The number of rotatable bonds is 6. The highest BCUT2D eigenvalue weighted by atomic mass is 13.9. The summed E-state index contributed by atoms with van der Waals surface area (Å²) >= 11 is 0. The first-order valence-electron chi connectivity index (χ1n) is 4.98. The first-order chi connectivity index (χ1) is 5.77. The summed E-state index contributed by atoms with van der Waals surface area (Å²) in [7, 11) is 0. The number of allylic oxidation sites excluding steroid dienone is 4. The van der Waals surface area contributed by atoms with Gasteiger partial charge in [0.25, 0.3) is 0 Å². The molecule has 0 aliphatic heterocycles. The Hall–Kier alpha value is -0.520. The minimum absolute atomic E-state index is 1.18. The molecule has 0 fully saturated rings. The van der Waals surface area contributed by atoms with Gasteiger partial charge in [0.05, 0.1) is 0 Å². The van der Waals surface area contributed by atoms with Crippen LogP contribution in [0.2, 0.25) is 0 Å². The lowest BCUT2D eigenvalue weighted by molar-refractivity contribution is 0.674. The average molecular weight is 165 g/mol. The standard InChI is InChI=1S/C12H21/c1-4-5-6-7-8-9-10-11-12(2)3/h9,11H,4-8H2,1-3H3. The summed E-state index contributed by atoms with van der Waals surface area (Å²) in [6.45, 7) is 6.43. The highest BCUT2D eigenvalue weighted by molar-refractivity contribution is 5.02. The van der Waals surface area contributed by atoms with Crippen LogP contribution in [0.15, 0.2) is 17.7 Å². The molecule has 0 unspecified atom stereocenters. The molecule has 12 heavy (non-hydrogen) atoms. The monoisotopic (exact) mass is 165 g/mol. The Kier molecular flexibility index (Phi) is 8.20. The smallest absolute Gasteiger partial charge is 0.0228 e. The van der Waals surface area contributed by atoms with Gasteiger partial charge < -0.3 is 0 Å². The van der Waals surface area contributed by atoms with Gasteiger partial charge in [-0.2, -0.15) is 0 Å². The third-order valence-corrected chi connectivity index (χ3v) is 1.69. The maximum Gasteiger partial charge on any atom is -0.0228 e. The summed E-state index contributed by atoms with van der Waals surface area (Å²) in [5, 5.41) is 0. The molecule has 0 saturated heterocycles. The predicted octanol–water partition coefficient (Wildman–Crippen LogP) is 4.28. The first kappa shape index (κ1) is 11.5. The van der Waals surface area contributed by atoms with E-state index in [1.165, 1.54) is 37.7 Å². The molecular formula is C12H21. The Morgan fingerprint density at radius 1 is 1.17 bits per heavy atom. The van der Waals surface area contributed by atoms with Crippen molar-refractivity contribution in [2.75, 3.05) is 0 Å². The molecule has 0 spiro atoms. The van der Waals surface area contributed by atoms with Gasteiger partial charge in [0, 0.05) is 0 Å². The average Bonchev–Trinajstić information content (AvgIpc) is 2.02. The summed E-state index contributed by atoms with van der Waals surface area (Å²) in [4.78, 5) is 0. The summed E-state index contributed by atoms with van der Waals surface area (Å²) in [6, 6.07) is 0. The van der Waals surface area contributed by atoms with Crippen LogP contribution in [0.3, 0.4) is 0 Å². The molecule has 0 aromatic carbocycles. The van der Waals surface area contributed by atoms with E-state index >= 15 is 0 Å². The molecule has 0 aliphatic carbocycles. The molecule has 0 N–H and O–H groups in total. The quantitative estimate of drug-likeness (QED) is 0.407. The van der Waals surface area contributed by atoms with Crippen molar-refractivity contribution >= 4 is 0 Å².